The molecule has 0 bridgehead atoms. The van der Waals surface area contributed by atoms with E-state index in [1.54, 1.807) is 0 Å². The maximum Gasteiger partial charge on any atom is 0.0130 e. The van der Waals surface area contributed by atoms with E-state index in [1.807, 2.05) is 11.8 Å². The number of aryl methyl sites for hydroxylation is 3. The van der Waals surface area contributed by atoms with E-state index in [-0.39, 0.29) is 0 Å². The standard InChI is InChI=1S/C11H16S/c1-5-12-11-9(3)6-8(2)7-10(11)4/h6-7H,5H2,1-4H3. The first-order valence-corrected chi connectivity index (χ1v) is 5.34. The van der Waals surface area contributed by atoms with Crippen LogP contribution in [0.25, 0.3) is 0 Å². The maximum absolute atomic E-state index is 2.25. The SMILES string of the molecule is CCSc1c(C)cc(C)cc1C. The van der Waals surface area contributed by atoms with Crippen molar-refractivity contribution >= 4 is 11.8 Å². The van der Waals surface area contributed by atoms with Crippen molar-refractivity contribution in [2.75, 3.05) is 5.75 Å². The zero-order valence-corrected chi connectivity index (χ0v) is 9.09. The van der Waals surface area contributed by atoms with Crippen LogP contribution in [0.15, 0.2) is 17.0 Å². The number of hydrogen-bond donors (Lipinski definition) is 0. The fraction of sp³-hybridized carbons (Fsp3) is 0.455. The summed E-state index contributed by atoms with van der Waals surface area (Å²) < 4.78 is 0. The fourth-order valence-corrected chi connectivity index (χ4v) is 2.40. The minimum absolute atomic E-state index is 1.16. The minimum Gasteiger partial charge on any atom is -0.126 e. The van der Waals surface area contributed by atoms with E-state index in [0.717, 1.165) is 5.75 Å². The third-order valence-electron chi connectivity index (χ3n) is 1.89. The van der Waals surface area contributed by atoms with E-state index in [2.05, 4.69) is 39.8 Å². The second-order valence-electron chi connectivity index (χ2n) is 3.16. The van der Waals surface area contributed by atoms with Gasteiger partial charge in [0, 0.05) is 4.90 Å². The van der Waals surface area contributed by atoms with Gasteiger partial charge in [-0.1, -0.05) is 24.6 Å². The fourth-order valence-electron chi connectivity index (χ4n) is 1.54. The van der Waals surface area contributed by atoms with Gasteiger partial charge in [-0.25, -0.2) is 0 Å². The second-order valence-corrected chi connectivity index (χ2v) is 4.44. The van der Waals surface area contributed by atoms with Gasteiger partial charge in [0.1, 0.15) is 0 Å². The number of thioether (sulfide) groups is 1. The lowest BCUT2D eigenvalue weighted by Gasteiger charge is -2.08. The van der Waals surface area contributed by atoms with Crippen LogP contribution < -0.4 is 0 Å². The van der Waals surface area contributed by atoms with Gasteiger partial charge in [-0.2, -0.15) is 0 Å². The van der Waals surface area contributed by atoms with Gasteiger partial charge in [0.2, 0.25) is 0 Å². The molecular formula is C11H16S. The smallest absolute Gasteiger partial charge is 0.0130 e. The van der Waals surface area contributed by atoms with Crippen LogP contribution in [0.1, 0.15) is 23.6 Å². The molecule has 0 unspecified atom stereocenters. The molecule has 1 rings (SSSR count). The quantitative estimate of drug-likeness (QED) is 0.625. The van der Waals surface area contributed by atoms with Gasteiger partial charge in [0.25, 0.3) is 0 Å². The van der Waals surface area contributed by atoms with Crippen molar-refractivity contribution in [1.29, 1.82) is 0 Å². The first kappa shape index (κ1) is 9.66. The molecule has 12 heavy (non-hydrogen) atoms. The van der Waals surface area contributed by atoms with Gasteiger partial charge in [0.15, 0.2) is 0 Å². The van der Waals surface area contributed by atoms with E-state index in [0.29, 0.717) is 0 Å². The molecule has 0 fully saturated rings. The molecule has 1 aromatic rings. The molecule has 1 heteroatoms. The molecule has 0 atom stereocenters. The predicted octanol–water partition coefficient (Wildman–Crippen LogP) is 3.72. The zero-order chi connectivity index (χ0) is 9.14. The van der Waals surface area contributed by atoms with Gasteiger partial charge < -0.3 is 0 Å². The number of hydrogen-bond acceptors (Lipinski definition) is 1. The zero-order valence-electron chi connectivity index (χ0n) is 8.27. The van der Waals surface area contributed by atoms with Crippen molar-refractivity contribution in [2.24, 2.45) is 0 Å². The normalized spacial score (nSPS) is 10.3. The summed E-state index contributed by atoms with van der Waals surface area (Å²) in [7, 11) is 0. The molecule has 1 aromatic carbocycles. The Labute approximate surface area is 79.4 Å². The van der Waals surface area contributed by atoms with Crippen molar-refractivity contribution in [1.82, 2.24) is 0 Å². The maximum atomic E-state index is 2.25. The molecule has 0 aliphatic heterocycles. The molecule has 0 saturated carbocycles. The highest BCUT2D eigenvalue weighted by molar-refractivity contribution is 7.99. The topological polar surface area (TPSA) is 0 Å². The highest BCUT2D eigenvalue weighted by Crippen LogP contribution is 2.26. The van der Waals surface area contributed by atoms with Crippen LogP contribution >= 0.6 is 11.8 Å². The van der Waals surface area contributed by atoms with Crippen LogP contribution in [0, 0.1) is 20.8 Å². The van der Waals surface area contributed by atoms with Crippen LogP contribution in [0.3, 0.4) is 0 Å². The summed E-state index contributed by atoms with van der Waals surface area (Å²) >= 11 is 1.94. The Balaban J connectivity index is 3.10. The van der Waals surface area contributed by atoms with Gasteiger partial charge >= 0.3 is 0 Å². The Kier molecular flexibility index (Phi) is 3.21. The van der Waals surface area contributed by atoms with Crippen molar-refractivity contribution < 1.29 is 0 Å². The molecular weight excluding hydrogens is 164 g/mol. The van der Waals surface area contributed by atoms with E-state index in [1.165, 1.54) is 21.6 Å². The third kappa shape index (κ3) is 2.04. The lowest BCUT2D eigenvalue weighted by atomic mass is 10.1. The van der Waals surface area contributed by atoms with E-state index in [9.17, 15) is 0 Å². The Bertz CT molecular complexity index is 253. The minimum atomic E-state index is 1.16. The Hall–Kier alpha value is -0.430. The molecule has 0 aliphatic rings. The van der Waals surface area contributed by atoms with Crippen LogP contribution in [0.4, 0.5) is 0 Å². The summed E-state index contributed by atoms with van der Waals surface area (Å²) in [6.45, 7) is 8.74. The number of benzene rings is 1. The van der Waals surface area contributed by atoms with Crippen molar-refractivity contribution in [2.45, 2.75) is 32.6 Å². The van der Waals surface area contributed by atoms with Crippen LogP contribution in [-0.2, 0) is 0 Å². The van der Waals surface area contributed by atoms with E-state index >= 15 is 0 Å². The lowest BCUT2D eigenvalue weighted by Crippen LogP contribution is -1.87. The average Bonchev–Trinajstić information content (AvgIpc) is 1.96. The summed E-state index contributed by atoms with van der Waals surface area (Å²) in [5.41, 5.74) is 4.20. The summed E-state index contributed by atoms with van der Waals surface area (Å²) in [6, 6.07) is 4.51. The lowest BCUT2D eigenvalue weighted by molar-refractivity contribution is 1.19. The molecule has 0 amide bonds. The number of rotatable bonds is 2. The van der Waals surface area contributed by atoms with Crippen molar-refractivity contribution in [3.05, 3.63) is 28.8 Å². The van der Waals surface area contributed by atoms with Crippen molar-refractivity contribution in [3.8, 4) is 0 Å². The summed E-state index contributed by atoms with van der Waals surface area (Å²) in [5, 5.41) is 0. The molecule has 0 aliphatic carbocycles. The van der Waals surface area contributed by atoms with E-state index < -0.39 is 0 Å². The first-order chi connectivity index (χ1) is 5.65. The second kappa shape index (κ2) is 3.99. The molecule has 0 heterocycles. The molecule has 0 spiro atoms. The highest BCUT2D eigenvalue weighted by Gasteiger charge is 2.02. The summed E-state index contributed by atoms with van der Waals surface area (Å²) in [6.07, 6.45) is 0. The molecule has 0 nitrogen and oxygen atoms in total. The molecule has 0 N–H and O–H groups in total. The Morgan fingerprint density at radius 2 is 1.58 bits per heavy atom. The van der Waals surface area contributed by atoms with Gasteiger partial charge in [-0.3, -0.25) is 0 Å². The van der Waals surface area contributed by atoms with Gasteiger partial charge in [-0.15, -0.1) is 11.8 Å². The highest BCUT2D eigenvalue weighted by atomic mass is 32.2. The largest absolute Gasteiger partial charge is 0.126 e. The van der Waals surface area contributed by atoms with Crippen LogP contribution in [0.2, 0.25) is 0 Å². The van der Waals surface area contributed by atoms with Gasteiger partial charge in [0.05, 0.1) is 0 Å². The Morgan fingerprint density at radius 1 is 1.08 bits per heavy atom. The Morgan fingerprint density at radius 3 is 2.00 bits per heavy atom. The monoisotopic (exact) mass is 180 g/mol. The van der Waals surface area contributed by atoms with Crippen molar-refractivity contribution in [3.63, 3.8) is 0 Å². The predicted molar refractivity (Wildman–Crippen MR) is 57.1 cm³/mol. The molecule has 0 radical (unpaired) electrons. The first-order valence-electron chi connectivity index (χ1n) is 4.35. The van der Waals surface area contributed by atoms with E-state index in [4.69, 9.17) is 0 Å². The molecule has 0 aromatic heterocycles. The van der Waals surface area contributed by atoms with Gasteiger partial charge in [-0.05, 0) is 37.7 Å². The van der Waals surface area contributed by atoms with Crippen LogP contribution in [-0.4, -0.2) is 5.75 Å². The average molecular weight is 180 g/mol. The molecule has 66 valence electrons. The third-order valence-corrected chi connectivity index (χ3v) is 3.11. The summed E-state index contributed by atoms with van der Waals surface area (Å²) in [4.78, 5) is 1.46. The molecule has 0 saturated heterocycles. The summed E-state index contributed by atoms with van der Waals surface area (Å²) in [5.74, 6) is 1.16. The van der Waals surface area contributed by atoms with Crippen LogP contribution in [0.5, 0.6) is 0 Å².